The number of nitrogens with zero attached hydrogens (tertiary/aromatic N) is 1. The van der Waals surface area contributed by atoms with E-state index in [0.29, 0.717) is 17.7 Å². The lowest BCUT2D eigenvalue weighted by molar-refractivity contribution is 0.0475. The summed E-state index contributed by atoms with van der Waals surface area (Å²) in [5.41, 5.74) is 1.91. The van der Waals surface area contributed by atoms with Crippen molar-refractivity contribution in [3.05, 3.63) is 64.2 Å². The number of esters is 1. The lowest BCUT2D eigenvalue weighted by atomic mass is 10.0. The Kier molecular flexibility index (Phi) is 5.26. The summed E-state index contributed by atoms with van der Waals surface area (Å²) in [6.07, 6.45) is 1.68. The molecular weight excluding hydrogens is 390 g/mol. The summed E-state index contributed by atoms with van der Waals surface area (Å²) < 4.78 is 30.3. The summed E-state index contributed by atoms with van der Waals surface area (Å²) in [4.78, 5) is 24.4. The molecule has 1 aliphatic rings. The molecule has 8 heteroatoms. The number of sulfonamides is 1. The van der Waals surface area contributed by atoms with Gasteiger partial charge in [-0.3, -0.25) is 9.10 Å². The normalized spacial score (nSPS) is 16.1. The molecule has 6 nitrogen and oxygen atoms in total. The largest absolute Gasteiger partial charge is 0.454 e. The van der Waals surface area contributed by atoms with E-state index in [1.807, 2.05) is 6.92 Å². The van der Waals surface area contributed by atoms with Crippen molar-refractivity contribution in [3.8, 4) is 0 Å². The molecule has 0 aromatic heterocycles. The highest BCUT2D eigenvalue weighted by molar-refractivity contribution is 7.92. The zero-order chi connectivity index (χ0) is 19.8. The molecule has 27 heavy (non-hydrogen) atoms. The maximum Gasteiger partial charge on any atom is 0.340 e. The molecule has 0 amide bonds. The van der Waals surface area contributed by atoms with E-state index in [9.17, 15) is 18.0 Å². The minimum absolute atomic E-state index is 0.193. The molecule has 1 atom stereocenters. The predicted octanol–water partition coefficient (Wildman–Crippen LogP) is 3.09. The Labute approximate surface area is 162 Å². The van der Waals surface area contributed by atoms with Crippen LogP contribution in [0, 0.1) is 0 Å². The third-order valence-electron chi connectivity index (χ3n) is 4.34. The van der Waals surface area contributed by atoms with E-state index >= 15 is 0 Å². The minimum atomic E-state index is -3.39. The number of Topliss-reactive ketones (excluding diaryl/α,β-unsaturated/α-hetero) is 1. The highest BCUT2D eigenvalue weighted by Crippen LogP contribution is 2.34. The van der Waals surface area contributed by atoms with E-state index < -0.39 is 22.6 Å². The number of hydrogen-bond donors (Lipinski definition) is 0. The second kappa shape index (κ2) is 7.32. The molecule has 3 rings (SSSR count). The quantitative estimate of drug-likeness (QED) is 0.562. The van der Waals surface area contributed by atoms with Crippen LogP contribution in [0.25, 0.3) is 0 Å². The van der Waals surface area contributed by atoms with Crippen LogP contribution in [-0.2, 0) is 21.2 Å². The summed E-state index contributed by atoms with van der Waals surface area (Å²) in [5.74, 6) is -1.05. The van der Waals surface area contributed by atoms with E-state index in [1.54, 1.807) is 36.4 Å². The van der Waals surface area contributed by atoms with E-state index in [0.717, 1.165) is 11.8 Å². The maximum absolute atomic E-state index is 12.4. The zero-order valence-corrected chi connectivity index (χ0v) is 16.4. The number of rotatable bonds is 5. The van der Waals surface area contributed by atoms with Gasteiger partial charge in [0.1, 0.15) is 0 Å². The Morgan fingerprint density at radius 2 is 1.93 bits per heavy atom. The van der Waals surface area contributed by atoms with Crippen molar-refractivity contribution in [2.75, 3.05) is 17.2 Å². The number of fused-ring (bicyclic) bond motifs is 1. The fourth-order valence-electron chi connectivity index (χ4n) is 3.20. The molecule has 0 fully saturated rings. The maximum atomic E-state index is 12.4. The standard InChI is InChI=1S/C19H18ClNO5S/c1-12-9-14-10-13(7-8-17(14)21(12)27(2,24)25)18(22)11-26-19(23)15-5-3-4-6-16(15)20/h3-8,10,12H,9,11H2,1-2H3/t12-/m0/s1. The number of hydrogen-bond acceptors (Lipinski definition) is 5. The van der Waals surface area contributed by atoms with Crippen LogP contribution in [0.1, 0.15) is 33.2 Å². The van der Waals surface area contributed by atoms with Crippen molar-refractivity contribution in [2.24, 2.45) is 0 Å². The molecule has 0 aliphatic carbocycles. The van der Waals surface area contributed by atoms with Crippen molar-refractivity contribution in [3.63, 3.8) is 0 Å². The van der Waals surface area contributed by atoms with Gasteiger partial charge in [0.2, 0.25) is 10.0 Å². The molecule has 0 radical (unpaired) electrons. The van der Waals surface area contributed by atoms with Crippen LogP contribution >= 0.6 is 11.6 Å². The van der Waals surface area contributed by atoms with Gasteiger partial charge in [0.15, 0.2) is 12.4 Å². The Balaban J connectivity index is 1.73. The molecule has 2 aromatic rings. The first kappa shape index (κ1) is 19.4. The van der Waals surface area contributed by atoms with Crippen LogP contribution in [0.4, 0.5) is 5.69 Å². The molecule has 0 saturated heterocycles. The average Bonchev–Trinajstić information content (AvgIpc) is 2.94. The molecule has 0 unspecified atom stereocenters. The Morgan fingerprint density at radius 3 is 2.59 bits per heavy atom. The monoisotopic (exact) mass is 407 g/mol. The highest BCUT2D eigenvalue weighted by atomic mass is 35.5. The fraction of sp³-hybridized carbons (Fsp3) is 0.263. The van der Waals surface area contributed by atoms with Gasteiger partial charge < -0.3 is 4.74 Å². The first-order valence-electron chi connectivity index (χ1n) is 8.25. The fourth-order valence-corrected chi connectivity index (χ4v) is 4.68. The number of halogens is 1. The number of benzene rings is 2. The third kappa shape index (κ3) is 3.99. The summed E-state index contributed by atoms with van der Waals surface area (Å²) >= 11 is 5.94. The second-order valence-electron chi connectivity index (χ2n) is 6.43. The van der Waals surface area contributed by atoms with Gasteiger partial charge in [-0.2, -0.15) is 0 Å². The van der Waals surface area contributed by atoms with Crippen LogP contribution in [0.15, 0.2) is 42.5 Å². The third-order valence-corrected chi connectivity index (χ3v) is 5.94. The molecule has 142 valence electrons. The van der Waals surface area contributed by atoms with E-state index in [-0.39, 0.29) is 22.4 Å². The molecule has 2 aromatic carbocycles. The van der Waals surface area contributed by atoms with E-state index in [1.165, 1.54) is 10.4 Å². The minimum Gasteiger partial charge on any atom is -0.454 e. The van der Waals surface area contributed by atoms with Gasteiger partial charge in [-0.25, -0.2) is 13.2 Å². The number of anilines is 1. The summed E-state index contributed by atoms with van der Waals surface area (Å²) in [7, 11) is -3.39. The summed E-state index contributed by atoms with van der Waals surface area (Å²) in [5, 5.41) is 0.252. The highest BCUT2D eigenvalue weighted by Gasteiger charge is 2.32. The lowest BCUT2D eigenvalue weighted by Crippen LogP contribution is -2.34. The van der Waals surface area contributed by atoms with Crippen LogP contribution in [0.3, 0.4) is 0 Å². The van der Waals surface area contributed by atoms with E-state index in [2.05, 4.69) is 0 Å². The van der Waals surface area contributed by atoms with Gasteiger partial charge in [-0.15, -0.1) is 0 Å². The Bertz CT molecular complexity index is 1020. The Morgan fingerprint density at radius 1 is 1.22 bits per heavy atom. The zero-order valence-electron chi connectivity index (χ0n) is 14.8. The smallest absolute Gasteiger partial charge is 0.340 e. The number of ketones is 1. The summed E-state index contributed by atoms with van der Waals surface area (Å²) in [6.45, 7) is 1.39. The molecule has 1 heterocycles. The molecule has 0 spiro atoms. The van der Waals surface area contributed by atoms with Gasteiger partial charge in [-0.1, -0.05) is 23.7 Å². The van der Waals surface area contributed by atoms with Crippen molar-refractivity contribution in [1.82, 2.24) is 0 Å². The van der Waals surface area contributed by atoms with E-state index in [4.69, 9.17) is 16.3 Å². The van der Waals surface area contributed by atoms with Crippen LogP contribution in [-0.4, -0.2) is 39.1 Å². The number of carbonyl (C=O) groups excluding carboxylic acids is 2. The van der Waals surface area contributed by atoms with Crippen LogP contribution < -0.4 is 4.31 Å². The molecule has 0 bridgehead atoms. The lowest BCUT2D eigenvalue weighted by Gasteiger charge is -2.21. The Hall–Kier alpha value is -2.38. The van der Waals surface area contributed by atoms with Crippen molar-refractivity contribution >= 4 is 39.1 Å². The van der Waals surface area contributed by atoms with Crippen molar-refractivity contribution in [1.29, 1.82) is 0 Å². The van der Waals surface area contributed by atoms with Crippen LogP contribution in [0.2, 0.25) is 5.02 Å². The topological polar surface area (TPSA) is 80.8 Å². The molecule has 0 saturated carbocycles. The number of ether oxygens (including phenoxy) is 1. The molecule has 0 N–H and O–H groups in total. The van der Waals surface area contributed by atoms with Crippen LogP contribution in [0.5, 0.6) is 0 Å². The van der Waals surface area contributed by atoms with Gasteiger partial charge in [-0.05, 0) is 49.2 Å². The first-order chi connectivity index (χ1) is 12.7. The van der Waals surface area contributed by atoms with Crippen molar-refractivity contribution < 1.29 is 22.7 Å². The SMILES string of the molecule is C[C@H]1Cc2cc(C(=O)COC(=O)c3ccccc3Cl)ccc2N1S(C)(=O)=O. The van der Waals surface area contributed by atoms with Gasteiger partial charge in [0.25, 0.3) is 0 Å². The first-order valence-corrected chi connectivity index (χ1v) is 10.5. The second-order valence-corrected chi connectivity index (χ2v) is 8.70. The molecular formula is C19H18ClNO5S. The predicted molar refractivity (Wildman–Crippen MR) is 103 cm³/mol. The van der Waals surface area contributed by atoms with Gasteiger partial charge >= 0.3 is 5.97 Å². The number of carbonyl (C=O) groups is 2. The average molecular weight is 408 g/mol. The van der Waals surface area contributed by atoms with Gasteiger partial charge in [0, 0.05) is 11.6 Å². The van der Waals surface area contributed by atoms with Gasteiger partial charge in [0.05, 0.1) is 22.5 Å². The van der Waals surface area contributed by atoms with Crippen molar-refractivity contribution in [2.45, 2.75) is 19.4 Å². The summed E-state index contributed by atoms with van der Waals surface area (Å²) in [6, 6.07) is 11.0. The molecule has 1 aliphatic heterocycles.